The van der Waals surface area contributed by atoms with Crippen LogP contribution in [0.1, 0.15) is 5.82 Å². The number of ether oxygens (including phenoxy) is 1. The molecule has 1 atom stereocenters. The molecule has 1 heterocycles. The van der Waals surface area contributed by atoms with Crippen molar-refractivity contribution in [2.75, 3.05) is 13.7 Å². The molecule has 1 aromatic carbocycles. The smallest absolute Gasteiger partial charge is 0.176 e. The first-order chi connectivity index (χ1) is 8.78. The molecule has 6 nitrogen and oxygen atoms in total. The first kappa shape index (κ1) is 12.5. The van der Waals surface area contributed by atoms with Crippen LogP contribution in [0, 0.1) is 0 Å². The molecular formula is C12H17N5O. The van der Waals surface area contributed by atoms with Crippen molar-refractivity contribution in [3.63, 3.8) is 0 Å². The van der Waals surface area contributed by atoms with Gasteiger partial charge in [-0.3, -0.25) is 0 Å². The Bertz CT molecular complexity index is 470. The van der Waals surface area contributed by atoms with Gasteiger partial charge in [-0.2, -0.15) is 4.80 Å². The zero-order valence-electron chi connectivity index (χ0n) is 10.6. The minimum absolute atomic E-state index is 0.161. The van der Waals surface area contributed by atoms with Crippen molar-refractivity contribution in [3.8, 4) is 5.75 Å². The first-order valence-corrected chi connectivity index (χ1v) is 5.86. The molecule has 1 aromatic heterocycles. The predicted octanol–water partition coefficient (Wildman–Crippen LogP) is 0.420. The Morgan fingerprint density at radius 2 is 2.11 bits per heavy atom. The summed E-state index contributed by atoms with van der Waals surface area (Å²) in [7, 11) is 3.65. The zero-order chi connectivity index (χ0) is 12.8. The number of para-hydroxylation sites is 1. The molecule has 0 bridgehead atoms. The van der Waals surface area contributed by atoms with Crippen LogP contribution < -0.4 is 10.1 Å². The van der Waals surface area contributed by atoms with Gasteiger partial charge in [-0.1, -0.05) is 18.2 Å². The summed E-state index contributed by atoms with van der Waals surface area (Å²) in [4.78, 5) is 1.46. The Morgan fingerprint density at radius 1 is 1.33 bits per heavy atom. The number of nitrogens with zero attached hydrogens (tertiary/aromatic N) is 4. The summed E-state index contributed by atoms with van der Waals surface area (Å²) >= 11 is 0. The predicted molar refractivity (Wildman–Crippen MR) is 67.3 cm³/mol. The number of nitrogens with one attached hydrogen (secondary N) is 1. The molecule has 2 rings (SSSR count). The average Bonchev–Trinajstić information content (AvgIpc) is 2.81. The van der Waals surface area contributed by atoms with E-state index < -0.39 is 0 Å². The minimum Gasteiger partial charge on any atom is -0.492 e. The van der Waals surface area contributed by atoms with Crippen molar-refractivity contribution in [1.82, 2.24) is 25.5 Å². The van der Waals surface area contributed by atoms with E-state index in [4.69, 9.17) is 4.74 Å². The van der Waals surface area contributed by atoms with Gasteiger partial charge in [0.25, 0.3) is 0 Å². The second kappa shape index (κ2) is 6.11. The van der Waals surface area contributed by atoms with Crippen molar-refractivity contribution < 1.29 is 4.74 Å². The van der Waals surface area contributed by atoms with Crippen LogP contribution in [0.3, 0.4) is 0 Å². The third-order valence-corrected chi connectivity index (χ3v) is 2.58. The van der Waals surface area contributed by atoms with Crippen molar-refractivity contribution in [1.29, 1.82) is 0 Å². The lowest BCUT2D eigenvalue weighted by molar-refractivity contribution is 0.268. The van der Waals surface area contributed by atoms with E-state index in [9.17, 15) is 0 Å². The van der Waals surface area contributed by atoms with Crippen LogP contribution in [0.15, 0.2) is 30.3 Å². The monoisotopic (exact) mass is 247 g/mol. The van der Waals surface area contributed by atoms with Gasteiger partial charge in [-0.25, -0.2) is 0 Å². The van der Waals surface area contributed by atoms with Crippen LogP contribution >= 0.6 is 0 Å². The summed E-state index contributed by atoms with van der Waals surface area (Å²) in [5.74, 6) is 1.58. The summed E-state index contributed by atoms with van der Waals surface area (Å²) in [6.07, 6.45) is 0.692. The number of aromatic nitrogens is 4. The Morgan fingerprint density at radius 3 is 2.72 bits per heavy atom. The summed E-state index contributed by atoms with van der Waals surface area (Å²) < 4.78 is 5.69. The standard InChI is InChI=1S/C12H17N5O/c1-13-10(8-12-14-16-17(2)15-12)9-18-11-6-4-3-5-7-11/h3-7,10,13H,8-9H2,1-2H3. The van der Waals surface area contributed by atoms with Gasteiger partial charge in [-0.15, -0.1) is 10.2 Å². The van der Waals surface area contributed by atoms with Gasteiger partial charge in [0.1, 0.15) is 12.4 Å². The number of hydrogen-bond acceptors (Lipinski definition) is 5. The van der Waals surface area contributed by atoms with Gasteiger partial charge in [0, 0.05) is 12.5 Å². The van der Waals surface area contributed by atoms with Gasteiger partial charge in [-0.05, 0) is 24.4 Å². The molecule has 2 aromatic rings. The van der Waals surface area contributed by atoms with E-state index >= 15 is 0 Å². The summed E-state index contributed by atoms with van der Waals surface area (Å²) in [6.45, 7) is 0.568. The van der Waals surface area contributed by atoms with Crippen LogP contribution in [-0.4, -0.2) is 39.9 Å². The number of rotatable bonds is 6. The highest BCUT2D eigenvalue weighted by atomic mass is 16.5. The largest absolute Gasteiger partial charge is 0.492 e. The molecule has 0 amide bonds. The van der Waals surface area contributed by atoms with E-state index in [1.165, 1.54) is 4.80 Å². The van der Waals surface area contributed by atoms with Crippen LogP contribution in [0.25, 0.3) is 0 Å². The van der Waals surface area contributed by atoms with Crippen molar-refractivity contribution in [2.24, 2.45) is 7.05 Å². The highest BCUT2D eigenvalue weighted by Crippen LogP contribution is 2.09. The van der Waals surface area contributed by atoms with E-state index in [1.807, 2.05) is 37.4 Å². The Balaban J connectivity index is 1.86. The molecule has 0 saturated heterocycles. The normalized spacial score (nSPS) is 12.3. The fraction of sp³-hybridized carbons (Fsp3) is 0.417. The van der Waals surface area contributed by atoms with Crippen LogP contribution in [0.4, 0.5) is 0 Å². The molecule has 1 N–H and O–H groups in total. The fourth-order valence-corrected chi connectivity index (χ4v) is 1.58. The molecule has 0 fully saturated rings. The second-order valence-corrected chi connectivity index (χ2v) is 4.01. The van der Waals surface area contributed by atoms with Gasteiger partial charge >= 0.3 is 0 Å². The van der Waals surface area contributed by atoms with E-state index in [0.29, 0.717) is 18.9 Å². The third-order valence-electron chi connectivity index (χ3n) is 2.58. The molecule has 0 aliphatic carbocycles. The first-order valence-electron chi connectivity index (χ1n) is 5.86. The Labute approximate surface area is 106 Å². The minimum atomic E-state index is 0.161. The molecule has 0 spiro atoms. The van der Waals surface area contributed by atoms with E-state index in [-0.39, 0.29) is 6.04 Å². The Hall–Kier alpha value is -1.95. The topological polar surface area (TPSA) is 64.9 Å². The van der Waals surface area contributed by atoms with Gasteiger partial charge in [0.15, 0.2) is 5.82 Å². The molecule has 0 aliphatic heterocycles. The maximum atomic E-state index is 5.69. The maximum absolute atomic E-state index is 5.69. The maximum Gasteiger partial charge on any atom is 0.176 e. The van der Waals surface area contributed by atoms with Crippen LogP contribution in [0.2, 0.25) is 0 Å². The molecule has 96 valence electrons. The number of benzene rings is 1. The average molecular weight is 247 g/mol. The van der Waals surface area contributed by atoms with E-state index in [0.717, 1.165) is 5.75 Å². The fourth-order valence-electron chi connectivity index (χ4n) is 1.58. The van der Waals surface area contributed by atoms with Crippen LogP contribution in [-0.2, 0) is 13.5 Å². The number of aryl methyl sites for hydroxylation is 1. The summed E-state index contributed by atoms with van der Waals surface area (Å²) in [6, 6.07) is 9.91. The molecule has 0 aliphatic rings. The highest BCUT2D eigenvalue weighted by molar-refractivity contribution is 5.20. The molecule has 0 saturated carbocycles. The van der Waals surface area contributed by atoms with Gasteiger partial charge < -0.3 is 10.1 Å². The zero-order valence-corrected chi connectivity index (χ0v) is 10.6. The second-order valence-electron chi connectivity index (χ2n) is 4.01. The third kappa shape index (κ3) is 3.53. The van der Waals surface area contributed by atoms with Gasteiger partial charge in [0.05, 0.1) is 7.05 Å². The van der Waals surface area contributed by atoms with E-state index in [2.05, 4.69) is 20.7 Å². The molecule has 6 heteroatoms. The van der Waals surface area contributed by atoms with E-state index in [1.54, 1.807) is 7.05 Å². The quantitative estimate of drug-likeness (QED) is 0.801. The van der Waals surface area contributed by atoms with Crippen molar-refractivity contribution in [3.05, 3.63) is 36.2 Å². The van der Waals surface area contributed by atoms with Crippen molar-refractivity contribution >= 4 is 0 Å². The van der Waals surface area contributed by atoms with Crippen molar-refractivity contribution in [2.45, 2.75) is 12.5 Å². The molecule has 0 radical (unpaired) electrons. The SMILES string of the molecule is CNC(COc1ccccc1)Cc1nnn(C)n1. The lowest BCUT2D eigenvalue weighted by Crippen LogP contribution is -2.34. The number of hydrogen-bond donors (Lipinski definition) is 1. The van der Waals surface area contributed by atoms with Crippen LogP contribution in [0.5, 0.6) is 5.75 Å². The summed E-state index contributed by atoms with van der Waals surface area (Å²) in [5.41, 5.74) is 0. The molecule has 18 heavy (non-hydrogen) atoms. The summed E-state index contributed by atoms with van der Waals surface area (Å²) in [5, 5.41) is 15.1. The lowest BCUT2D eigenvalue weighted by atomic mass is 10.2. The van der Waals surface area contributed by atoms with Gasteiger partial charge in [0.2, 0.25) is 0 Å². The Kier molecular flexibility index (Phi) is 4.25. The lowest BCUT2D eigenvalue weighted by Gasteiger charge is -2.15. The highest BCUT2D eigenvalue weighted by Gasteiger charge is 2.11. The number of likely N-dealkylation sites (N-methyl/N-ethyl adjacent to an activating group) is 1. The number of tetrazole rings is 1. The molecule has 1 unspecified atom stereocenters. The molecular weight excluding hydrogens is 230 g/mol.